The Morgan fingerprint density at radius 1 is 1.53 bits per heavy atom. The number of hydrogen-bond donors (Lipinski definition) is 2. The number of amides is 2. The Bertz CT molecular complexity index is 348. The summed E-state index contributed by atoms with van der Waals surface area (Å²) in [5.74, 6) is -0.997. The van der Waals surface area contributed by atoms with Crippen molar-refractivity contribution in [3.63, 3.8) is 0 Å². The summed E-state index contributed by atoms with van der Waals surface area (Å²) in [5.41, 5.74) is -0.543. The first kappa shape index (κ1) is 14.1. The van der Waals surface area contributed by atoms with Gasteiger partial charge in [-0.3, -0.25) is 0 Å². The van der Waals surface area contributed by atoms with E-state index < -0.39 is 11.6 Å². The van der Waals surface area contributed by atoms with Gasteiger partial charge in [0.1, 0.15) is 12.2 Å². The first-order chi connectivity index (χ1) is 8.98. The highest BCUT2D eigenvalue weighted by molar-refractivity contribution is 5.76. The summed E-state index contributed by atoms with van der Waals surface area (Å²) in [7, 11) is 0. The third-order valence-electron chi connectivity index (χ3n) is 3.37. The number of aliphatic carboxylic acids is 1. The van der Waals surface area contributed by atoms with E-state index in [9.17, 15) is 9.59 Å². The summed E-state index contributed by atoms with van der Waals surface area (Å²) in [6.07, 6.45) is 1.90. The molecule has 0 bridgehead atoms. The third kappa shape index (κ3) is 3.81. The first-order valence-electron chi connectivity index (χ1n) is 6.47. The fraction of sp³-hybridized carbons (Fsp3) is 0.833. The molecular formula is C12H20N2O5. The number of carbonyl (C=O) groups excluding carboxylic acids is 1. The van der Waals surface area contributed by atoms with Gasteiger partial charge in [0, 0.05) is 6.61 Å². The van der Waals surface area contributed by atoms with Crippen LogP contribution in [0.25, 0.3) is 0 Å². The van der Waals surface area contributed by atoms with Gasteiger partial charge >= 0.3 is 12.0 Å². The molecule has 0 aliphatic carbocycles. The standard InChI is InChI=1S/C12H20N2O5/c1-12(19-6-10(15)16)7-14(8-12)11(17)13-9-3-2-4-18-5-9/h9H,2-8H2,1H3,(H,13,17)(H,15,16). The van der Waals surface area contributed by atoms with Gasteiger partial charge in [-0.05, 0) is 19.8 Å². The monoisotopic (exact) mass is 272 g/mol. The van der Waals surface area contributed by atoms with Gasteiger partial charge in [-0.2, -0.15) is 0 Å². The minimum atomic E-state index is -0.997. The zero-order valence-corrected chi connectivity index (χ0v) is 11.1. The number of nitrogens with zero attached hydrogens (tertiary/aromatic N) is 1. The molecule has 7 heteroatoms. The number of carboxylic acid groups (broad SMARTS) is 1. The van der Waals surface area contributed by atoms with Crippen LogP contribution in [0.4, 0.5) is 4.79 Å². The zero-order valence-electron chi connectivity index (χ0n) is 11.1. The van der Waals surface area contributed by atoms with Crippen molar-refractivity contribution in [1.29, 1.82) is 0 Å². The minimum Gasteiger partial charge on any atom is -0.480 e. The highest BCUT2D eigenvalue weighted by Crippen LogP contribution is 2.24. The molecule has 19 heavy (non-hydrogen) atoms. The smallest absolute Gasteiger partial charge is 0.329 e. The quantitative estimate of drug-likeness (QED) is 0.755. The molecule has 2 amide bonds. The minimum absolute atomic E-state index is 0.0769. The van der Waals surface area contributed by atoms with Crippen LogP contribution in [-0.2, 0) is 14.3 Å². The molecule has 1 unspecified atom stereocenters. The molecular weight excluding hydrogens is 252 g/mol. The Balaban J connectivity index is 1.70. The second-order valence-electron chi connectivity index (χ2n) is 5.35. The van der Waals surface area contributed by atoms with Gasteiger partial charge < -0.3 is 24.8 Å². The van der Waals surface area contributed by atoms with E-state index in [0.29, 0.717) is 19.7 Å². The molecule has 2 N–H and O–H groups in total. The van der Waals surface area contributed by atoms with Crippen LogP contribution >= 0.6 is 0 Å². The molecule has 2 aliphatic heterocycles. The molecule has 0 aromatic rings. The number of carbonyl (C=O) groups is 2. The van der Waals surface area contributed by atoms with Crippen LogP contribution in [0.15, 0.2) is 0 Å². The van der Waals surface area contributed by atoms with E-state index in [4.69, 9.17) is 14.6 Å². The summed E-state index contributed by atoms with van der Waals surface area (Å²) in [4.78, 5) is 24.0. The predicted octanol–water partition coefficient (Wildman–Crippen LogP) is 0.0505. The lowest BCUT2D eigenvalue weighted by atomic mass is 9.97. The largest absolute Gasteiger partial charge is 0.480 e. The van der Waals surface area contributed by atoms with Crippen LogP contribution in [0.1, 0.15) is 19.8 Å². The second-order valence-corrected chi connectivity index (χ2v) is 5.35. The van der Waals surface area contributed by atoms with Crippen molar-refractivity contribution < 1.29 is 24.2 Å². The average Bonchev–Trinajstić information content (AvgIpc) is 2.34. The molecule has 0 radical (unpaired) electrons. The topological polar surface area (TPSA) is 88.1 Å². The predicted molar refractivity (Wildman–Crippen MR) is 65.9 cm³/mol. The van der Waals surface area contributed by atoms with Crippen molar-refractivity contribution in [3.8, 4) is 0 Å². The summed E-state index contributed by atoms with van der Waals surface area (Å²) in [6, 6.07) is -0.0556. The molecule has 0 aromatic carbocycles. The molecule has 0 saturated carbocycles. The number of carboxylic acids is 1. The Morgan fingerprint density at radius 2 is 2.26 bits per heavy atom. The molecule has 2 rings (SSSR count). The summed E-state index contributed by atoms with van der Waals surface area (Å²) < 4.78 is 10.5. The van der Waals surface area contributed by atoms with Gasteiger partial charge in [0.05, 0.1) is 25.7 Å². The van der Waals surface area contributed by atoms with Crippen molar-refractivity contribution >= 4 is 12.0 Å². The molecule has 7 nitrogen and oxygen atoms in total. The fourth-order valence-corrected chi connectivity index (χ4v) is 2.35. The zero-order chi connectivity index (χ0) is 13.9. The van der Waals surface area contributed by atoms with E-state index in [-0.39, 0.29) is 18.7 Å². The van der Waals surface area contributed by atoms with E-state index in [2.05, 4.69) is 5.32 Å². The number of ether oxygens (including phenoxy) is 2. The number of likely N-dealkylation sites (tertiary alicyclic amines) is 1. The lowest BCUT2D eigenvalue weighted by Gasteiger charge is -2.47. The molecule has 2 heterocycles. The molecule has 0 spiro atoms. The SMILES string of the molecule is CC1(OCC(=O)O)CN(C(=O)NC2CCCOC2)C1. The first-order valence-corrected chi connectivity index (χ1v) is 6.47. The fourth-order valence-electron chi connectivity index (χ4n) is 2.35. The molecule has 2 saturated heterocycles. The van der Waals surface area contributed by atoms with Crippen LogP contribution in [0.2, 0.25) is 0 Å². The maximum absolute atomic E-state index is 11.9. The maximum Gasteiger partial charge on any atom is 0.329 e. The number of hydrogen-bond acceptors (Lipinski definition) is 4. The number of nitrogens with one attached hydrogen (secondary N) is 1. The Hall–Kier alpha value is -1.34. The van der Waals surface area contributed by atoms with Crippen LogP contribution in [0, 0.1) is 0 Å². The molecule has 2 fully saturated rings. The molecule has 2 aliphatic rings. The highest BCUT2D eigenvalue weighted by atomic mass is 16.5. The van der Waals surface area contributed by atoms with Crippen LogP contribution in [0.3, 0.4) is 0 Å². The second kappa shape index (κ2) is 5.75. The lowest BCUT2D eigenvalue weighted by molar-refractivity contribution is -0.159. The average molecular weight is 272 g/mol. The Labute approximate surface area is 111 Å². The number of urea groups is 1. The summed E-state index contributed by atoms with van der Waals surface area (Å²) in [6.45, 7) is 3.63. The van der Waals surface area contributed by atoms with Crippen LogP contribution < -0.4 is 5.32 Å². The van der Waals surface area contributed by atoms with Gasteiger partial charge in [0.25, 0.3) is 0 Å². The third-order valence-corrected chi connectivity index (χ3v) is 3.37. The van der Waals surface area contributed by atoms with Crippen LogP contribution in [0.5, 0.6) is 0 Å². The van der Waals surface area contributed by atoms with Crippen molar-refractivity contribution in [2.24, 2.45) is 0 Å². The van der Waals surface area contributed by atoms with Gasteiger partial charge in [-0.1, -0.05) is 0 Å². The van der Waals surface area contributed by atoms with E-state index >= 15 is 0 Å². The lowest BCUT2D eigenvalue weighted by Crippen LogP contribution is -2.66. The molecule has 108 valence electrons. The van der Waals surface area contributed by atoms with Gasteiger partial charge in [-0.25, -0.2) is 9.59 Å². The van der Waals surface area contributed by atoms with E-state index in [1.54, 1.807) is 4.90 Å². The Kier molecular flexibility index (Phi) is 4.26. The van der Waals surface area contributed by atoms with Crippen molar-refractivity contribution in [2.45, 2.75) is 31.4 Å². The highest BCUT2D eigenvalue weighted by Gasteiger charge is 2.43. The van der Waals surface area contributed by atoms with Gasteiger partial charge in [0.15, 0.2) is 0 Å². The molecule has 0 aromatic heterocycles. The van der Waals surface area contributed by atoms with Crippen molar-refractivity contribution in [3.05, 3.63) is 0 Å². The summed E-state index contributed by atoms with van der Waals surface area (Å²) in [5, 5.41) is 11.5. The maximum atomic E-state index is 11.9. The van der Waals surface area contributed by atoms with Crippen molar-refractivity contribution in [1.82, 2.24) is 10.2 Å². The van der Waals surface area contributed by atoms with E-state index in [1.807, 2.05) is 6.92 Å². The van der Waals surface area contributed by atoms with Gasteiger partial charge in [-0.15, -0.1) is 0 Å². The number of rotatable bonds is 4. The van der Waals surface area contributed by atoms with E-state index in [0.717, 1.165) is 19.4 Å². The van der Waals surface area contributed by atoms with Crippen molar-refractivity contribution in [2.75, 3.05) is 32.9 Å². The summed E-state index contributed by atoms with van der Waals surface area (Å²) >= 11 is 0. The molecule has 1 atom stereocenters. The Morgan fingerprint density at radius 3 is 2.84 bits per heavy atom. The normalized spacial score (nSPS) is 25.5. The van der Waals surface area contributed by atoms with Crippen LogP contribution in [-0.4, -0.2) is 66.6 Å². The van der Waals surface area contributed by atoms with Gasteiger partial charge in [0.2, 0.25) is 0 Å². The van der Waals surface area contributed by atoms with E-state index in [1.165, 1.54) is 0 Å².